The highest BCUT2D eigenvalue weighted by Gasteiger charge is 2.31. The summed E-state index contributed by atoms with van der Waals surface area (Å²) in [6.07, 6.45) is 1.21. The molecule has 7 nitrogen and oxygen atoms in total. The van der Waals surface area contributed by atoms with Gasteiger partial charge in [0.05, 0.1) is 12.1 Å². The monoisotopic (exact) mass is 425 g/mol. The summed E-state index contributed by atoms with van der Waals surface area (Å²) in [5, 5.41) is 13.2. The molecular formula is C20H26F3N5O2. The molecule has 164 valence electrons. The summed E-state index contributed by atoms with van der Waals surface area (Å²) in [6.45, 7) is 3.55. The smallest absolute Gasteiger partial charge is 0.347 e. The Balaban J connectivity index is 1.67. The summed E-state index contributed by atoms with van der Waals surface area (Å²) in [7, 11) is 0. The van der Waals surface area contributed by atoms with E-state index in [1.54, 1.807) is 0 Å². The summed E-state index contributed by atoms with van der Waals surface area (Å²) in [4.78, 5) is 25.2. The van der Waals surface area contributed by atoms with E-state index in [0.29, 0.717) is 0 Å². The van der Waals surface area contributed by atoms with Crippen LogP contribution in [0.5, 0.6) is 0 Å². The van der Waals surface area contributed by atoms with Gasteiger partial charge in [0, 0.05) is 12.1 Å². The summed E-state index contributed by atoms with van der Waals surface area (Å²) in [5.41, 5.74) is -0.583. The Morgan fingerprint density at radius 2 is 1.87 bits per heavy atom. The van der Waals surface area contributed by atoms with E-state index in [2.05, 4.69) is 20.8 Å². The lowest BCUT2D eigenvalue weighted by Crippen LogP contribution is -2.51. The van der Waals surface area contributed by atoms with Crippen molar-refractivity contribution in [1.29, 1.82) is 0 Å². The molecule has 1 fully saturated rings. The quantitative estimate of drug-likeness (QED) is 0.745. The Kier molecular flexibility index (Phi) is 6.62. The molecule has 0 bridgehead atoms. The van der Waals surface area contributed by atoms with Crippen LogP contribution in [-0.4, -0.2) is 32.5 Å². The average molecular weight is 425 g/mol. The molecule has 1 saturated carbocycles. The third-order valence-corrected chi connectivity index (χ3v) is 5.44. The molecule has 0 saturated heterocycles. The van der Waals surface area contributed by atoms with Gasteiger partial charge in [-0.1, -0.05) is 33.1 Å². The minimum Gasteiger partial charge on any atom is -0.347 e. The van der Waals surface area contributed by atoms with Crippen molar-refractivity contribution < 1.29 is 22.8 Å². The van der Waals surface area contributed by atoms with Crippen molar-refractivity contribution in [2.45, 2.75) is 64.7 Å². The van der Waals surface area contributed by atoms with E-state index in [-0.39, 0.29) is 35.8 Å². The van der Waals surface area contributed by atoms with Crippen LogP contribution in [0.2, 0.25) is 0 Å². The van der Waals surface area contributed by atoms with Crippen molar-refractivity contribution in [1.82, 2.24) is 25.2 Å². The van der Waals surface area contributed by atoms with Crippen LogP contribution in [0.1, 0.15) is 57.3 Å². The maximum absolute atomic E-state index is 13.0. The molecule has 0 spiro atoms. The number of amides is 2. The summed E-state index contributed by atoms with van der Waals surface area (Å²) in [6, 6.07) is 1.43. The van der Waals surface area contributed by atoms with Crippen molar-refractivity contribution in [2.75, 3.05) is 0 Å². The molecule has 2 N–H and O–H groups in total. The van der Waals surface area contributed by atoms with Gasteiger partial charge in [-0.05, 0) is 30.9 Å². The van der Waals surface area contributed by atoms with Crippen LogP contribution in [0.3, 0.4) is 0 Å². The first-order valence-corrected chi connectivity index (χ1v) is 10.2. The SMILES string of the molecule is CC(C)C(NC(=O)C1CCCCC1)C(=O)NCc1nnc2ccc(C(F)(F)F)cn12. The molecule has 0 aliphatic heterocycles. The lowest BCUT2D eigenvalue weighted by molar-refractivity contribution is -0.137. The van der Waals surface area contributed by atoms with Gasteiger partial charge in [0.15, 0.2) is 11.5 Å². The molecule has 30 heavy (non-hydrogen) atoms. The highest BCUT2D eigenvalue weighted by molar-refractivity contribution is 5.88. The predicted octanol–water partition coefficient (Wildman–Crippen LogP) is 3.09. The fourth-order valence-electron chi connectivity index (χ4n) is 3.67. The Morgan fingerprint density at radius 3 is 2.50 bits per heavy atom. The lowest BCUT2D eigenvalue weighted by Gasteiger charge is -2.26. The van der Waals surface area contributed by atoms with E-state index in [4.69, 9.17) is 0 Å². The number of aromatic nitrogens is 3. The third-order valence-electron chi connectivity index (χ3n) is 5.44. The molecule has 0 aromatic carbocycles. The zero-order chi connectivity index (χ0) is 21.9. The van der Waals surface area contributed by atoms with Crippen molar-refractivity contribution in [3.05, 3.63) is 29.7 Å². The minimum atomic E-state index is -4.49. The normalized spacial score (nSPS) is 16.6. The lowest BCUT2D eigenvalue weighted by atomic mass is 9.88. The van der Waals surface area contributed by atoms with E-state index in [0.717, 1.165) is 44.4 Å². The van der Waals surface area contributed by atoms with Crippen molar-refractivity contribution in [2.24, 2.45) is 11.8 Å². The number of nitrogens with zero attached hydrogens (tertiary/aromatic N) is 3. The number of alkyl halides is 3. The molecule has 2 amide bonds. The van der Waals surface area contributed by atoms with Crippen molar-refractivity contribution in [3.63, 3.8) is 0 Å². The average Bonchev–Trinajstić information content (AvgIpc) is 3.12. The first-order chi connectivity index (χ1) is 14.2. The number of rotatable bonds is 6. The second kappa shape index (κ2) is 9.01. The Hall–Kier alpha value is -2.65. The standard InChI is InChI=1S/C20H26F3N5O2/c1-12(2)17(25-18(29)13-6-4-3-5-7-13)19(30)24-10-16-27-26-15-9-8-14(11-28(15)16)20(21,22)23/h8-9,11-13,17H,3-7,10H2,1-2H3,(H,24,30)(H,25,29). The number of fused-ring (bicyclic) bond motifs is 1. The van der Waals surface area contributed by atoms with Crippen LogP contribution in [0.4, 0.5) is 13.2 Å². The summed E-state index contributed by atoms with van der Waals surface area (Å²) in [5.74, 6) is -0.576. The molecule has 0 radical (unpaired) electrons. The number of carbonyl (C=O) groups excluding carboxylic acids is 2. The predicted molar refractivity (Wildman–Crippen MR) is 103 cm³/mol. The van der Waals surface area contributed by atoms with E-state index in [1.165, 1.54) is 10.5 Å². The number of nitrogens with one attached hydrogen (secondary N) is 2. The molecular weight excluding hydrogens is 399 g/mol. The van der Waals surface area contributed by atoms with Crippen LogP contribution in [-0.2, 0) is 22.3 Å². The first kappa shape index (κ1) is 22.0. The fourth-order valence-corrected chi connectivity index (χ4v) is 3.67. The van der Waals surface area contributed by atoms with Gasteiger partial charge in [-0.15, -0.1) is 10.2 Å². The van der Waals surface area contributed by atoms with Gasteiger partial charge in [0.1, 0.15) is 6.04 Å². The summed E-state index contributed by atoms with van der Waals surface area (Å²) < 4.78 is 40.1. The largest absolute Gasteiger partial charge is 0.417 e. The fraction of sp³-hybridized carbons (Fsp3) is 0.600. The molecule has 2 aromatic heterocycles. The molecule has 3 rings (SSSR count). The highest BCUT2D eigenvalue weighted by Crippen LogP contribution is 2.29. The number of halogens is 3. The van der Waals surface area contributed by atoms with Crippen LogP contribution < -0.4 is 10.6 Å². The maximum Gasteiger partial charge on any atom is 0.417 e. The van der Waals surface area contributed by atoms with Gasteiger partial charge < -0.3 is 10.6 Å². The van der Waals surface area contributed by atoms with Crippen LogP contribution >= 0.6 is 0 Å². The van der Waals surface area contributed by atoms with Gasteiger partial charge in [0.25, 0.3) is 0 Å². The van der Waals surface area contributed by atoms with Gasteiger partial charge in [-0.2, -0.15) is 13.2 Å². The highest BCUT2D eigenvalue weighted by atomic mass is 19.4. The molecule has 1 aliphatic carbocycles. The van der Waals surface area contributed by atoms with Crippen molar-refractivity contribution in [3.8, 4) is 0 Å². The second-order valence-corrected chi connectivity index (χ2v) is 8.04. The molecule has 2 aromatic rings. The van der Waals surface area contributed by atoms with Crippen LogP contribution in [0, 0.1) is 11.8 Å². The van der Waals surface area contributed by atoms with Crippen molar-refractivity contribution >= 4 is 17.5 Å². The van der Waals surface area contributed by atoms with E-state index in [9.17, 15) is 22.8 Å². The van der Waals surface area contributed by atoms with E-state index in [1.807, 2.05) is 13.8 Å². The number of hydrogen-bond donors (Lipinski definition) is 2. The Bertz CT molecular complexity index is 903. The molecule has 1 unspecified atom stereocenters. The molecule has 10 heteroatoms. The second-order valence-electron chi connectivity index (χ2n) is 8.04. The minimum absolute atomic E-state index is 0.0750. The maximum atomic E-state index is 13.0. The molecule has 1 aliphatic rings. The van der Waals surface area contributed by atoms with Crippen LogP contribution in [0.25, 0.3) is 5.65 Å². The van der Waals surface area contributed by atoms with E-state index < -0.39 is 23.7 Å². The van der Waals surface area contributed by atoms with Gasteiger partial charge in [-0.25, -0.2) is 0 Å². The zero-order valence-electron chi connectivity index (χ0n) is 17.0. The first-order valence-electron chi connectivity index (χ1n) is 10.2. The van der Waals surface area contributed by atoms with E-state index >= 15 is 0 Å². The third kappa shape index (κ3) is 5.09. The van der Waals surface area contributed by atoms with Gasteiger partial charge >= 0.3 is 6.18 Å². The van der Waals surface area contributed by atoms with Crippen LogP contribution in [0.15, 0.2) is 18.3 Å². The van der Waals surface area contributed by atoms with Gasteiger partial charge in [-0.3, -0.25) is 14.0 Å². The summed E-state index contributed by atoms with van der Waals surface area (Å²) >= 11 is 0. The van der Waals surface area contributed by atoms with Gasteiger partial charge in [0.2, 0.25) is 11.8 Å². The molecule has 1 atom stereocenters. The number of pyridine rings is 1. The Morgan fingerprint density at radius 1 is 1.17 bits per heavy atom. The zero-order valence-corrected chi connectivity index (χ0v) is 17.0. The number of carbonyl (C=O) groups is 2. The molecule has 2 heterocycles. The number of hydrogen-bond acceptors (Lipinski definition) is 4. The Labute approximate surface area is 172 Å². The topological polar surface area (TPSA) is 88.4 Å².